The smallest absolute Gasteiger partial charge is 0.249 e. The molecule has 2 heterocycles. The number of rotatable bonds is 4. The summed E-state index contributed by atoms with van der Waals surface area (Å²) in [5.41, 5.74) is 3.09. The number of nitrogens with zero attached hydrogens (tertiary/aromatic N) is 1. The van der Waals surface area contributed by atoms with Gasteiger partial charge in [0.1, 0.15) is 0 Å². The van der Waals surface area contributed by atoms with Crippen molar-refractivity contribution in [3.8, 4) is 0 Å². The number of benzene rings is 1. The van der Waals surface area contributed by atoms with Crippen molar-refractivity contribution in [2.75, 3.05) is 31.5 Å². The zero-order valence-corrected chi connectivity index (χ0v) is 11.7. The average Bonchev–Trinajstić information content (AvgIpc) is 3.00. The number of likely N-dealkylation sites (tertiary alicyclic amines) is 1. The minimum Gasteiger partial charge on any atom is -0.361 e. The standard InChI is InChI=1S/C16H21N3O/c20-16(17-7-10-19-8-3-4-9-19)14-11-13-5-1-2-6-15(13)18-12-14/h1-2,5-6,12,18H,3-4,7-11H2,(H,17,20). The molecule has 1 fully saturated rings. The number of fused-ring (bicyclic) bond motifs is 1. The third kappa shape index (κ3) is 3.02. The number of amides is 1. The van der Waals surface area contributed by atoms with E-state index in [9.17, 15) is 4.79 Å². The van der Waals surface area contributed by atoms with Crippen LogP contribution in [-0.4, -0.2) is 37.0 Å². The maximum atomic E-state index is 12.1. The van der Waals surface area contributed by atoms with Crippen molar-refractivity contribution in [3.05, 3.63) is 41.6 Å². The summed E-state index contributed by atoms with van der Waals surface area (Å²) in [6.07, 6.45) is 5.12. The largest absolute Gasteiger partial charge is 0.361 e. The summed E-state index contributed by atoms with van der Waals surface area (Å²) in [6, 6.07) is 8.11. The van der Waals surface area contributed by atoms with E-state index in [1.165, 1.54) is 31.5 Å². The van der Waals surface area contributed by atoms with Gasteiger partial charge in [-0.15, -0.1) is 0 Å². The van der Waals surface area contributed by atoms with Gasteiger partial charge in [-0.05, 0) is 37.6 Å². The number of nitrogens with one attached hydrogen (secondary N) is 2. The highest BCUT2D eigenvalue weighted by Crippen LogP contribution is 2.23. The molecule has 2 aliphatic rings. The molecule has 0 aliphatic carbocycles. The molecule has 2 aliphatic heterocycles. The first-order valence-corrected chi connectivity index (χ1v) is 7.37. The highest BCUT2D eigenvalue weighted by atomic mass is 16.1. The second kappa shape index (κ2) is 6.09. The van der Waals surface area contributed by atoms with Gasteiger partial charge in [-0.1, -0.05) is 18.2 Å². The molecule has 0 unspecified atom stereocenters. The average molecular weight is 271 g/mol. The molecule has 0 radical (unpaired) electrons. The topological polar surface area (TPSA) is 44.4 Å². The second-order valence-electron chi connectivity index (χ2n) is 5.45. The Morgan fingerprint density at radius 2 is 2.05 bits per heavy atom. The molecule has 0 saturated carbocycles. The van der Waals surface area contributed by atoms with Gasteiger partial charge in [0.25, 0.3) is 0 Å². The number of para-hydroxylation sites is 1. The van der Waals surface area contributed by atoms with Crippen LogP contribution in [0.15, 0.2) is 36.0 Å². The Balaban J connectivity index is 1.49. The molecule has 4 nitrogen and oxygen atoms in total. The lowest BCUT2D eigenvalue weighted by atomic mass is 10.0. The van der Waals surface area contributed by atoms with E-state index in [4.69, 9.17) is 0 Å². The Morgan fingerprint density at radius 1 is 1.25 bits per heavy atom. The van der Waals surface area contributed by atoms with E-state index >= 15 is 0 Å². The van der Waals surface area contributed by atoms with Gasteiger partial charge in [0.2, 0.25) is 5.91 Å². The SMILES string of the molecule is O=C(NCCN1CCCC1)C1=CNc2ccccc2C1. The molecule has 1 amide bonds. The first-order chi connectivity index (χ1) is 9.83. The summed E-state index contributed by atoms with van der Waals surface area (Å²) in [4.78, 5) is 14.5. The number of hydrogen-bond acceptors (Lipinski definition) is 3. The van der Waals surface area contributed by atoms with Crippen LogP contribution < -0.4 is 10.6 Å². The first-order valence-electron chi connectivity index (χ1n) is 7.37. The lowest BCUT2D eigenvalue weighted by molar-refractivity contribution is -0.117. The van der Waals surface area contributed by atoms with E-state index in [0.29, 0.717) is 6.42 Å². The molecule has 106 valence electrons. The molecule has 2 N–H and O–H groups in total. The molecule has 4 heteroatoms. The Kier molecular flexibility index (Phi) is 4.02. The Labute approximate surface area is 119 Å². The quantitative estimate of drug-likeness (QED) is 0.877. The van der Waals surface area contributed by atoms with Crippen molar-refractivity contribution >= 4 is 11.6 Å². The van der Waals surface area contributed by atoms with Crippen LogP contribution in [0.25, 0.3) is 0 Å². The second-order valence-corrected chi connectivity index (χ2v) is 5.45. The Morgan fingerprint density at radius 3 is 2.90 bits per heavy atom. The molecule has 1 saturated heterocycles. The first kappa shape index (κ1) is 13.2. The summed E-state index contributed by atoms with van der Waals surface area (Å²) in [6.45, 7) is 4.04. The van der Waals surface area contributed by atoms with E-state index < -0.39 is 0 Å². The molecular weight excluding hydrogens is 250 g/mol. The van der Waals surface area contributed by atoms with Gasteiger partial charge in [0, 0.05) is 37.0 Å². The number of anilines is 1. The van der Waals surface area contributed by atoms with Gasteiger partial charge >= 0.3 is 0 Å². The molecule has 1 aromatic rings. The summed E-state index contributed by atoms with van der Waals surface area (Å²) >= 11 is 0. The van der Waals surface area contributed by atoms with Gasteiger partial charge in [0.05, 0.1) is 0 Å². The Hall–Kier alpha value is -1.81. The van der Waals surface area contributed by atoms with Gasteiger partial charge in [0.15, 0.2) is 0 Å². The van der Waals surface area contributed by atoms with Crippen molar-refractivity contribution in [1.82, 2.24) is 10.2 Å². The van der Waals surface area contributed by atoms with Crippen LogP contribution in [-0.2, 0) is 11.2 Å². The van der Waals surface area contributed by atoms with Crippen LogP contribution >= 0.6 is 0 Å². The van der Waals surface area contributed by atoms with E-state index in [1.54, 1.807) is 0 Å². The molecule has 3 rings (SSSR count). The fourth-order valence-electron chi connectivity index (χ4n) is 2.83. The lowest BCUT2D eigenvalue weighted by Gasteiger charge is -2.19. The predicted molar refractivity (Wildman–Crippen MR) is 80.5 cm³/mol. The van der Waals surface area contributed by atoms with E-state index in [2.05, 4.69) is 21.6 Å². The summed E-state index contributed by atoms with van der Waals surface area (Å²) < 4.78 is 0. The van der Waals surface area contributed by atoms with Gasteiger partial charge < -0.3 is 15.5 Å². The molecule has 0 spiro atoms. The Bertz CT molecular complexity index is 518. The van der Waals surface area contributed by atoms with Crippen LogP contribution in [0, 0.1) is 0 Å². The maximum absolute atomic E-state index is 12.1. The maximum Gasteiger partial charge on any atom is 0.249 e. The van der Waals surface area contributed by atoms with E-state index in [-0.39, 0.29) is 5.91 Å². The van der Waals surface area contributed by atoms with Crippen LogP contribution in [0.3, 0.4) is 0 Å². The van der Waals surface area contributed by atoms with Gasteiger partial charge in [-0.25, -0.2) is 0 Å². The summed E-state index contributed by atoms with van der Waals surface area (Å²) in [5.74, 6) is 0.0474. The van der Waals surface area contributed by atoms with Crippen LogP contribution in [0.4, 0.5) is 5.69 Å². The molecule has 1 aromatic carbocycles. The van der Waals surface area contributed by atoms with Crippen LogP contribution in [0.5, 0.6) is 0 Å². The zero-order valence-electron chi connectivity index (χ0n) is 11.7. The molecule has 20 heavy (non-hydrogen) atoms. The molecule has 0 bridgehead atoms. The van der Waals surface area contributed by atoms with Crippen LogP contribution in [0.1, 0.15) is 18.4 Å². The van der Waals surface area contributed by atoms with Gasteiger partial charge in [-0.2, -0.15) is 0 Å². The molecule has 0 atom stereocenters. The van der Waals surface area contributed by atoms with Gasteiger partial charge in [-0.3, -0.25) is 4.79 Å². The highest BCUT2D eigenvalue weighted by molar-refractivity contribution is 5.95. The third-order valence-electron chi connectivity index (χ3n) is 4.00. The molecule has 0 aromatic heterocycles. The fourth-order valence-corrected chi connectivity index (χ4v) is 2.83. The lowest BCUT2D eigenvalue weighted by Crippen LogP contribution is -2.35. The highest BCUT2D eigenvalue weighted by Gasteiger charge is 2.16. The van der Waals surface area contributed by atoms with E-state index in [0.717, 1.165) is 24.4 Å². The fraction of sp³-hybridized carbons (Fsp3) is 0.438. The number of carbonyl (C=O) groups excluding carboxylic acids is 1. The number of carbonyl (C=O) groups is 1. The normalized spacial score (nSPS) is 18.1. The minimum absolute atomic E-state index is 0.0474. The van der Waals surface area contributed by atoms with Crippen molar-refractivity contribution in [2.24, 2.45) is 0 Å². The van der Waals surface area contributed by atoms with Crippen molar-refractivity contribution in [1.29, 1.82) is 0 Å². The van der Waals surface area contributed by atoms with Crippen molar-refractivity contribution < 1.29 is 4.79 Å². The minimum atomic E-state index is 0.0474. The van der Waals surface area contributed by atoms with Crippen molar-refractivity contribution in [2.45, 2.75) is 19.3 Å². The summed E-state index contributed by atoms with van der Waals surface area (Å²) in [7, 11) is 0. The van der Waals surface area contributed by atoms with Crippen molar-refractivity contribution in [3.63, 3.8) is 0 Å². The third-order valence-corrected chi connectivity index (χ3v) is 4.00. The predicted octanol–water partition coefficient (Wildman–Crippen LogP) is 1.75. The molecular formula is C16H21N3O. The number of hydrogen-bond donors (Lipinski definition) is 2. The van der Waals surface area contributed by atoms with Crippen LogP contribution in [0.2, 0.25) is 0 Å². The van der Waals surface area contributed by atoms with E-state index in [1.807, 2.05) is 24.4 Å². The zero-order chi connectivity index (χ0) is 13.8. The summed E-state index contributed by atoms with van der Waals surface area (Å²) in [5, 5.41) is 6.21. The monoisotopic (exact) mass is 271 g/mol.